The Labute approximate surface area is 422 Å². The van der Waals surface area contributed by atoms with Gasteiger partial charge in [-0.25, -0.2) is 0 Å². The fourth-order valence-corrected chi connectivity index (χ4v) is 8.83. The highest BCUT2D eigenvalue weighted by Gasteiger charge is 2.24. The largest absolute Gasteiger partial charge is 0.462 e. The lowest BCUT2D eigenvalue weighted by atomic mass is 10.0. The number of hydrogen-bond donors (Lipinski definition) is 3. The Hall–Kier alpha value is -2.44. The predicted molar refractivity (Wildman–Crippen MR) is 296 cm³/mol. The molecule has 6 nitrogen and oxygen atoms in total. The molecule has 0 aromatic rings. The monoisotopic (exact) mass is 952 g/mol. The van der Waals surface area contributed by atoms with Crippen molar-refractivity contribution in [2.45, 2.75) is 315 Å². The SMILES string of the molecule is CCCCC/C=C\C/C=C\C/C=C\C/C=C\CCCC(CC(=O)NC(CO)C(O)CCCCCCCCCCCCCCCCC)OC(=O)CCCCCCCCC/C=C/CCCCCCCC. The van der Waals surface area contributed by atoms with Crippen LogP contribution in [-0.4, -0.2) is 46.9 Å². The van der Waals surface area contributed by atoms with E-state index in [1.54, 1.807) is 0 Å². The highest BCUT2D eigenvalue weighted by molar-refractivity contribution is 5.77. The lowest BCUT2D eigenvalue weighted by molar-refractivity contribution is -0.151. The number of aliphatic hydroxyl groups is 2. The molecular weight excluding hydrogens is 839 g/mol. The second-order valence-electron chi connectivity index (χ2n) is 20.0. The minimum Gasteiger partial charge on any atom is -0.462 e. The van der Waals surface area contributed by atoms with Crippen LogP contribution in [0.4, 0.5) is 0 Å². The zero-order chi connectivity index (χ0) is 49.5. The van der Waals surface area contributed by atoms with Crippen molar-refractivity contribution in [1.82, 2.24) is 5.32 Å². The molecule has 3 N–H and O–H groups in total. The molecule has 396 valence electrons. The van der Waals surface area contributed by atoms with Crippen LogP contribution >= 0.6 is 0 Å². The maximum atomic E-state index is 13.3. The molecular formula is C62H113NO5. The summed E-state index contributed by atoms with van der Waals surface area (Å²) in [6.07, 6.45) is 70.0. The van der Waals surface area contributed by atoms with Gasteiger partial charge in [-0.2, -0.15) is 0 Å². The van der Waals surface area contributed by atoms with Crippen LogP contribution in [0.2, 0.25) is 0 Å². The summed E-state index contributed by atoms with van der Waals surface area (Å²) in [5.74, 6) is -0.524. The molecule has 0 fully saturated rings. The Balaban J connectivity index is 4.65. The van der Waals surface area contributed by atoms with Crippen LogP contribution in [0.15, 0.2) is 60.8 Å². The number of aliphatic hydroxyl groups excluding tert-OH is 2. The topological polar surface area (TPSA) is 95.9 Å². The van der Waals surface area contributed by atoms with E-state index in [1.165, 1.54) is 180 Å². The van der Waals surface area contributed by atoms with Crippen molar-refractivity contribution in [3.63, 3.8) is 0 Å². The standard InChI is InChI=1S/C62H113NO5/c1-4-7-10-13-16-19-22-25-28-30-33-35-38-41-44-47-50-53-58(68-62(67)55-52-49-46-43-40-37-34-31-29-26-23-20-17-14-11-8-5-2)56-61(66)63-59(57-64)60(65)54-51-48-45-42-39-36-32-27-24-21-18-15-12-9-6-3/h16,19,25-26,28-29,33,35,41,44,58-60,64-65H,4-15,17-18,20-24,27,30-32,34,36-40,42-43,45-57H2,1-3H3,(H,63,66)/b19-16-,28-25-,29-26+,35-33-,44-41-. The Morgan fingerprint density at radius 2 is 0.765 bits per heavy atom. The van der Waals surface area contributed by atoms with Crippen LogP contribution < -0.4 is 5.32 Å². The lowest BCUT2D eigenvalue weighted by Gasteiger charge is -2.24. The second-order valence-corrected chi connectivity index (χ2v) is 20.0. The first kappa shape index (κ1) is 65.6. The van der Waals surface area contributed by atoms with Crippen LogP contribution in [0.5, 0.6) is 0 Å². The molecule has 68 heavy (non-hydrogen) atoms. The number of nitrogens with one attached hydrogen (secondary N) is 1. The number of amides is 1. The third-order valence-electron chi connectivity index (χ3n) is 13.3. The number of unbranched alkanes of at least 4 members (excludes halogenated alkanes) is 31. The number of ether oxygens (including phenoxy) is 1. The maximum absolute atomic E-state index is 13.3. The van der Waals surface area contributed by atoms with Crippen LogP contribution in [0.25, 0.3) is 0 Å². The summed E-state index contributed by atoms with van der Waals surface area (Å²) in [6.45, 7) is 6.46. The van der Waals surface area contributed by atoms with Gasteiger partial charge in [-0.05, 0) is 89.9 Å². The van der Waals surface area contributed by atoms with E-state index in [0.29, 0.717) is 19.3 Å². The average molecular weight is 953 g/mol. The fraction of sp³-hybridized carbons (Fsp3) is 0.806. The summed E-state index contributed by atoms with van der Waals surface area (Å²) in [4.78, 5) is 26.3. The Kier molecular flexibility index (Phi) is 53.5. The summed E-state index contributed by atoms with van der Waals surface area (Å²) in [5, 5.41) is 23.9. The van der Waals surface area contributed by atoms with Gasteiger partial charge in [0.2, 0.25) is 5.91 Å². The Morgan fingerprint density at radius 3 is 1.21 bits per heavy atom. The molecule has 0 heterocycles. The average Bonchev–Trinajstić information content (AvgIpc) is 3.33. The first-order valence-corrected chi connectivity index (χ1v) is 29.5. The van der Waals surface area contributed by atoms with Gasteiger partial charge in [0.05, 0.1) is 25.2 Å². The molecule has 0 aliphatic rings. The lowest BCUT2D eigenvalue weighted by Crippen LogP contribution is -2.46. The van der Waals surface area contributed by atoms with Gasteiger partial charge in [0.25, 0.3) is 0 Å². The maximum Gasteiger partial charge on any atom is 0.306 e. The Bertz CT molecular complexity index is 1210. The third-order valence-corrected chi connectivity index (χ3v) is 13.3. The molecule has 6 heteroatoms. The van der Waals surface area contributed by atoms with E-state index in [1.807, 2.05) is 0 Å². The van der Waals surface area contributed by atoms with E-state index >= 15 is 0 Å². The van der Waals surface area contributed by atoms with Crippen molar-refractivity contribution in [3.05, 3.63) is 60.8 Å². The van der Waals surface area contributed by atoms with Gasteiger partial charge in [0, 0.05) is 6.42 Å². The fourth-order valence-electron chi connectivity index (χ4n) is 8.83. The smallest absolute Gasteiger partial charge is 0.306 e. The Morgan fingerprint density at radius 1 is 0.426 bits per heavy atom. The summed E-state index contributed by atoms with van der Waals surface area (Å²) in [6, 6.07) is -0.722. The van der Waals surface area contributed by atoms with Crippen molar-refractivity contribution in [2.24, 2.45) is 0 Å². The number of hydrogen-bond acceptors (Lipinski definition) is 5. The van der Waals surface area contributed by atoms with Gasteiger partial charge >= 0.3 is 5.97 Å². The molecule has 0 aromatic carbocycles. The summed E-state index contributed by atoms with van der Waals surface area (Å²) in [5.41, 5.74) is 0. The third kappa shape index (κ3) is 50.0. The van der Waals surface area contributed by atoms with Crippen LogP contribution in [0.1, 0.15) is 297 Å². The van der Waals surface area contributed by atoms with Gasteiger partial charge < -0.3 is 20.3 Å². The van der Waals surface area contributed by atoms with Crippen molar-refractivity contribution >= 4 is 11.9 Å². The number of rotatable bonds is 53. The van der Waals surface area contributed by atoms with Crippen molar-refractivity contribution in [2.75, 3.05) is 6.61 Å². The minimum atomic E-state index is -0.805. The van der Waals surface area contributed by atoms with Gasteiger partial charge in [0.1, 0.15) is 6.10 Å². The molecule has 0 radical (unpaired) electrons. The first-order chi connectivity index (χ1) is 33.5. The van der Waals surface area contributed by atoms with Crippen molar-refractivity contribution in [3.8, 4) is 0 Å². The van der Waals surface area contributed by atoms with E-state index in [9.17, 15) is 19.8 Å². The van der Waals surface area contributed by atoms with Crippen molar-refractivity contribution < 1.29 is 24.5 Å². The molecule has 3 atom stereocenters. The summed E-state index contributed by atoms with van der Waals surface area (Å²) < 4.78 is 5.94. The van der Waals surface area contributed by atoms with Gasteiger partial charge in [-0.15, -0.1) is 0 Å². The highest BCUT2D eigenvalue weighted by Crippen LogP contribution is 2.18. The van der Waals surface area contributed by atoms with Crippen LogP contribution in [-0.2, 0) is 14.3 Å². The second kappa shape index (κ2) is 55.5. The quantitative estimate of drug-likeness (QED) is 0.0321. The normalized spacial score (nSPS) is 13.5. The summed E-state index contributed by atoms with van der Waals surface area (Å²) >= 11 is 0. The molecule has 3 unspecified atom stereocenters. The van der Waals surface area contributed by atoms with E-state index in [4.69, 9.17) is 4.74 Å². The van der Waals surface area contributed by atoms with Crippen molar-refractivity contribution in [1.29, 1.82) is 0 Å². The minimum absolute atomic E-state index is 0.0385. The van der Waals surface area contributed by atoms with Crippen LogP contribution in [0, 0.1) is 0 Å². The molecule has 0 saturated carbocycles. The summed E-state index contributed by atoms with van der Waals surface area (Å²) in [7, 11) is 0. The first-order valence-electron chi connectivity index (χ1n) is 29.5. The number of allylic oxidation sites excluding steroid dienone is 10. The van der Waals surface area contributed by atoms with E-state index in [0.717, 1.165) is 70.6 Å². The molecule has 0 bridgehead atoms. The van der Waals surface area contributed by atoms with Gasteiger partial charge in [-0.1, -0.05) is 255 Å². The number of carbonyl (C=O) groups excluding carboxylic acids is 2. The van der Waals surface area contributed by atoms with E-state index in [-0.39, 0.29) is 24.9 Å². The molecule has 0 saturated heterocycles. The van der Waals surface area contributed by atoms with E-state index < -0.39 is 18.2 Å². The molecule has 0 aliphatic carbocycles. The van der Waals surface area contributed by atoms with Gasteiger partial charge in [-0.3, -0.25) is 9.59 Å². The molecule has 0 aliphatic heterocycles. The zero-order valence-corrected chi connectivity index (χ0v) is 45.2. The highest BCUT2D eigenvalue weighted by atomic mass is 16.5. The van der Waals surface area contributed by atoms with Crippen LogP contribution in [0.3, 0.4) is 0 Å². The molecule has 0 spiro atoms. The molecule has 1 amide bonds. The molecule has 0 aromatic heterocycles. The van der Waals surface area contributed by atoms with Gasteiger partial charge in [0.15, 0.2) is 0 Å². The number of carbonyl (C=O) groups is 2. The van der Waals surface area contributed by atoms with E-state index in [2.05, 4.69) is 86.8 Å². The number of esters is 1. The molecule has 0 rings (SSSR count). The predicted octanol–water partition coefficient (Wildman–Crippen LogP) is 18.4. The zero-order valence-electron chi connectivity index (χ0n) is 45.2.